The van der Waals surface area contributed by atoms with Crippen LogP contribution in [0, 0.1) is 6.92 Å². The van der Waals surface area contributed by atoms with Gasteiger partial charge in [0.1, 0.15) is 5.75 Å². The van der Waals surface area contributed by atoms with E-state index in [1.807, 2.05) is 55.5 Å². The first kappa shape index (κ1) is 18.4. The van der Waals surface area contributed by atoms with Gasteiger partial charge in [-0.15, -0.1) is 0 Å². The first-order valence-corrected chi connectivity index (χ1v) is 8.60. The number of benzene rings is 2. The summed E-state index contributed by atoms with van der Waals surface area (Å²) in [7, 11) is 3.38. The quantitative estimate of drug-likeness (QED) is 0.722. The number of hydrogen-bond acceptors (Lipinski definition) is 5. The summed E-state index contributed by atoms with van der Waals surface area (Å²) in [6, 6.07) is 15.6. The Kier molecular flexibility index (Phi) is 5.66. The number of nitrogens with one attached hydrogen (secondary N) is 1. The van der Waals surface area contributed by atoms with Crippen LogP contribution in [0.3, 0.4) is 0 Å². The standard InChI is InChI=1S/C21H22N4O2/c1-15-9-10-19(27-3)18(11-15)24-21-22-12-17(13-23-21)20(26)25(2)14-16-7-5-4-6-8-16/h4-13H,14H2,1-3H3,(H,22,23,24). The molecule has 0 bridgehead atoms. The van der Waals surface area contributed by atoms with Crippen molar-refractivity contribution in [3.8, 4) is 5.75 Å². The second-order valence-electron chi connectivity index (χ2n) is 6.27. The molecule has 3 aromatic rings. The second kappa shape index (κ2) is 8.31. The maximum Gasteiger partial charge on any atom is 0.257 e. The van der Waals surface area contributed by atoms with Crippen molar-refractivity contribution in [1.82, 2.24) is 14.9 Å². The van der Waals surface area contributed by atoms with Crippen molar-refractivity contribution >= 4 is 17.5 Å². The van der Waals surface area contributed by atoms with E-state index in [1.165, 1.54) is 12.4 Å². The summed E-state index contributed by atoms with van der Waals surface area (Å²) in [5, 5.41) is 3.13. The molecule has 1 aromatic heterocycles. The Morgan fingerprint density at radius 1 is 1.11 bits per heavy atom. The lowest BCUT2D eigenvalue weighted by molar-refractivity contribution is 0.0784. The van der Waals surface area contributed by atoms with Crippen molar-refractivity contribution in [3.63, 3.8) is 0 Å². The monoisotopic (exact) mass is 362 g/mol. The van der Waals surface area contributed by atoms with Gasteiger partial charge in [0.15, 0.2) is 0 Å². The van der Waals surface area contributed by atoms with E-state index < -0.39 is 0 Å². The first-order valence-electron chi connectivity index (χ1n) is 8.60. The predicted octanol–water partition coefficient (Wildman–Crippen LogP) is 3.81. The number of aromatic nitrogens is 2. The average molecular weight is 362 g/mol. The van der Waals surface area contributed by atoms with Gasteiger partial charge < -0.3 is 15.0 Å². The highest BCUT2D eigenvalue weighted by Gasteiger charge is 2.13. The molecule has 0 atom stereocenters. The number of aryl methyl sites for hydroxylation is 1. The van der Waals surface area contributed by atoms with Crippen molar-refractivity contribution in [2.75, 3.05) is 19.5 Å². The molecule has 1 N–H and O–H groups in total. The van der Waals surface area contributed by atoms with E-state index >= 15 is 0 Å². The Labute approximate surface area is 158 Å². The predicted molar refractivity (Wildman–Crippen MR) is 105 cm³/mol. The van der Waals surface area contributed by atoms with Gasteiger partial charge in [0, 0.05) is 26.0 Å². The third kappa shape index (κ3) is 4.61. The summed E-state index contributed by atoms with van der Waals surface area (Å²) in [5.74, 6) is 0.978. The fraction of sp³-hybridized carbons (Fsp3) is 0.190. The molecule has 0 radical (unpaired) electrons. The lowest BCUT2D eigenvalue weighted by Gasteiger charge is -2.17. The number of ether oxygens (including phenoxy) is 1. The lowest BCUT2D eigenvalue weighted by Crippen LogP contribution is -2.26. The van der Waals surface area contributed by atoms with Crippen LogP contribution in [0.15, 0.2) is 60.9 Å². The zero-order valence-corrected chi connectivity index (χ0v) is 15.6. The highest BCUT2D eigenvalue weighted by molar-refractivity contribution is 5.93. The van der Waals surface area contributed by atoms with Crippen LogP contribution in [-0.4, -0.2) is 34.9 Å². The van der Waals surface area contributed by atoms with Gasteiger partial charge in [0.2, 0.25) is 5.95 Å². The lowest BCUT2D eigenvalue weighted by atomic mass is 10.2. The zero-order chi connectivity index (χ0) is 19.2. The van der Waals surface area contributed by atoms with Crippen molar-refractivity contribution in [1.29, 1.82) is 0 Å². The van der Waals surface area contributed by atoms with Gasteiger partial charge >= 0.3 is 0 Å². The number of nitrogens with zero attached hydrogens (tertiary/aromatic N) is 3. The highest BCUT2D eigenvalue weighted by atomic mass is 16.5. The first-order chi connectivity index (χ1) is 13.1. The zero-order valence-electron chi connectivity index (χ0n) is 15.6. The molecule has 2 aromatic carbocycles. The molecule has 0 saturated heterocycles. The molecule has 1 amide bonds. The van der Waals surface area contributed by atoms with E-state index in [0.717, 1.165) is 16.8 Å². The molecule has 1 heterocycles. The van der Waals surface area contributed by atoms with Crippen molar-refractivity contribution in [2.24, 2.45) is 0 Å². The summed E-state index contributed by atoms with van der Waals surface area (Å²) in [5.41, 5.74) is 3.37. The highest BCUT2D eigenvalue weighted by Crippen LogP contribution is 2.27. The van der Waals surface area contributed by atoms with Crippen LogP contribution in [0.2, 0.25) is 0 Å². The topological polar surface area (TPSA) is 67.3 Å². The molecule has 0 fully saturated rings. The summed E-state index contributed by atoms with van der Waals surface area (Å²) in [6.45, 7) is 2.52. The number of amides is 1. The molecule has 0 spiro atoms. The number of anilines is 2. The summed E-state index contributed by atoms with van der Waals surface area (Å²) < 4.78 is 5.34. The van der Waals surface area contributed by atoms with E-state index in [1.54, 1.807) is 19.1 Å². The molecule has 3 rings (SSSR count). The molecule has 6 nitrogen and oxygen atoms in total. The number of methoxy groups -OCH3 is 1. The molecule has 0 aliphatic heterocycles. The molecular weight excluding hydrogens is 340 g/mol. The van der Waals surface area contributed by atoms with Crippen molar-refractivity contribution in [3.05, 3.63) is 77.6 Å². The minimum absolute atomic E-state index is 0.126. The van der Waals surface area contributed by atoms with Crippen LogP contribution in [0.4, 0.5) is 11.6 Å². The van der Waals surface area contributed by atoms with Crippen LogP contribution in [0.5, 0.6) is 5.75 Å². The van der Waals surface area contributed by atoms with E-state index in [-0.39, 0.29) is 5.91 Å². The Morgan fingerprint density at radius 2 is 1.81 bits per heavy atom. The van der Waals surface area contributed by atoms with Gasteiger partial charge in [0.25, 0.3) is 5.91 Å². The number of carbonyl (C=O) groups excluding carboxylic acids is 1. The molecule has 27 heavy (non-hydrogen) atoms. The van der Waals surface area contributed by atoms with Gasteiger partial charge in [-0.1, -0.05) is 36.4 Å². The molecule has 0 aliphatic rings. The van der Waals surface area contributed by atoms with Crippen molar-refractivity contribution < 1.29 is 9.53 Å². The van der Waals surface area contributed by atoms with Crippen LogP contribution < -0.4 is 10.1 Å². The normalized spacial score (nSPS) is 10.3. The average Bonchev–Trinajstić information content (AvgIpc) is 2.69. The summed E-state index contributed by atoms with van der Waals surface area (Å²) in [6.07, 6.45) is 3.06. The molecule has 0 aliphatic carbocycles. The number of carbonyl (C=O) groups is 1. The minimum Gasteiger partial charge on any atom is -0.495 e. The third-order valence-corrected chi connectivity index (χ3v) is 4.11. The van der Waals surface area contributed by atoms with Gasteiger partial charge in [-0.3, -0.25) is 4.79 Å². The smallest absolute Gasteiger partial charge is 0.257 e. The Hall–Kier alpha value is -3.41. The van der Waals surface area contributed by atoms with E-state index in [9.17, 15) is 4.79 Å². The maximum absolute atomic E-state index is 12.6. The third-order valence-electron chi connectivity index (χ3n) is 4.11. The minimum atomic E-state index is -0.126. The molecule has 0 unspecified atom stereocenters. The van der Waals surface area contributed by atoms with Crippen LogP contribution in [0.25, 0.3) is 0 Å². The Bertz CT molecular complexity index is 911. The summed E-state index contributed by atoms with van der Waals surface area (Å²) >= 11 is 0. The number of hydrogen-bond donors (Lipinski definition) is 1. The van der Waals surface area contributed by atoms with Crippen LogP contribution in [0.1, 0.15) is 21.5 Å². The molecular formula is C21H22N4O2. The fourth-order valence-electron chi connectivity index (χ4n) is 2.69. The van der Waals surface area contributed by atoms with E-state index in [0.29, 0.717) is 23.8 Å². The SMILES string of the molecule is COc1ccc(C)cc1Nc1ncc(C(=O)N(C)Cc2ccccc2)cn1. The summed E-state index contributed by atoms with van der Waals surface area (Å²) in [4.78, 5) is 22.7. The number of rotatable bonds is 6. The Morgan fingerprint density at radius 3 is 2.48 bits per heavy atom. The fourth-order valence-corrected chi connectivity index (χ4v) is 2.69. The van der Waals surface area contributed by atoms with E-state index in [2.05, 4.69) is 15.3 Å². The largest absolute Gasteiger partial charge is 0.495 e. The molecule has 138 valence electrons. The van der Waals surface area contributed by atoms with Crippen molar-refractivity contribution in [2.45, 2.75) is 13.5 Å². The van der Waals surface area contributed by atoms with Gasteiger partial charge in [-0.05, 0) is 30.2 Å². The van der Waals surface area contributed by atoms with E-state index in [4.69, 9.17) is 4.74 Å². The van der Waals surface area contributed by atoms with Gasteiger partial charge in [-0.2, -0.15) is 0 Å². The van der Waals surface area contributed by atoms with Crippen LogP contribution in [-0.2, 0) is 6.54 Å². The van der Waals surface area contributed by atoms with Gasteiger partial charge in [0.05, 0.1) is 18.4 Å². The molecule has 0 saturated carbocycles. The van der Waals surface area contributed by atoms with Gasteiger partial charge in [-0.25, -0.2) is 9.97 Å². The maximum atomic E-state index is 12.6. The second-order valence-corrected chi connectivity index (χ2v) is 6.27. The molecule has 6 heteroatoms. The van der Waals surface area contributed by atoms with Crippen LogP contribution >= 0.6 is 0 Å². The Balaban J connectivity index is 1.70.